The first-order valence-electron chi connectivity index (χ1n) is 12.7. The summed E-state index contributed by atoms with van der Waals surface area (Å²) in [6, 6.07) is 22.5. The predicted molar refractivity (Wildman–Crippen MR) is 157 cm³/mol. The van der Waals surface area contributed by atoms with Crippen molar-refractivity contribution in [2.24, 2.45) is 4.99 Å². The number of allylic oxidation sites excluding steroid dienone is 1. The third kappa shape index (κ3) is 4.33. The van der Waals surface area contributed by atoms with E-state index in [0.29, 0.717) is 13.2 Å². The molecule has 7 rings (SSSR count). The zero-order chi connectivity index (χ0) is 25.6. The summed E-state index contributed by atoms with van der Waals surface area (Å²) in [5.41, 5.74) is 8.27. The highest BCUT2D eigenvalue weighted by atomic mass is 35.5. The molecule has 4 nitrogen and oxygen atoms in total. The van der Waals surface area contributed by atoms with Gasteiger partial charge in [0.05, 0.1) is 17.4 Å². The average Bonchev–Trinajstić information content (AvgIpc) is 3.37. The van der Waals surface area contributed by atoms with Crippen molar-refractivity contribution >= 4 is 51.9 Å². The van der Waals surface area contributed by atoms with Crippen LogP contribution in [-0.2, 0) is 0 Å². The van der Waals surface area contributed by atoms with Crippen molar-refractivity contribution in [2.75, 3.05) is 13.2 Å². The first-order valence-corrected chi connectivity index (χ1v) is 14.4. The Hall–Kier alpha value is -3.12. The van der Waals surface area contributed by atoms with Crippen LogP contribution in [0.15, 0.2) is 94.0 Å². The summed E-state index contributed by atoms with van der Waals surface area (Å²) in [4.78, 5) is 7.65. The highest BCUT2D eigenvalue weighted by Gasteiger charge is 2.40. The lowest BCUT2D eigenvalue weighted by Crippen LogP contribution is -2.34. The smallest absolute Gasteiger partial charge is 0.174 e. The van der Waals surface area contributed by atoms with Gasteiger partial charge in [-0.1, -0.05) is 59.2 Å². The van der Waals surface area contributed by atoms with Crippen LogP contribution < -0.4 is 9.47 Å². The van der Waals surface area contributed by atoms with Gasteiger partial charge in [0.1, 0.15) is 13.2 Å². The van der Waals surface area contributed by atoms with Crippen molar-refractivity contribution in [1.29, 1.82) is 0 Å². The molecule has 0 N–H and O–H groups in total. The van der Waals surface area contributed by atoms with Gasteiger partial charge in [0.15, 0.2) is 16.7 Å². The van der Waals surface area contributed by atoms with Gasteiger partial charge in [-0.2, -0.15) is 0 Å². The molecule has 3 aromatic carbocycles. The third-order valence-corrected chi connectivity index (χ3v) is 8.62. The molecule has 0 aromatic heterocycles. The number of benzene rings is 3. The van der Waals surface area contributed by atoms with Crippen molar-refractivity contribution in [3.63, 3.8) is 0 Å². The summed E-state index contributed by atoms with van der Waals surface area (Å²) in [5, 5.41) is 4.66. The molecule has 3 aromatic rings. The lowest BCUT2D eigenvalue weighted by molar-refractivity contribution is 0.171. The van der Waals surface area contributed by atoms with Crippen molar-refractivity contribution in [2.45, 2.75) is 25.3 Å². The Bertz CT molecular complexity index is 1540. The normalized spacial score (nSPS) is 21.2. The van der Waals surface area contributed by atoms with Gasteiger partial charge >= 0.3 is 0 Å². The number of nitrogens with zero attached hydrogens (tertiary/aromatic N) is 2. The van der Waals surface area contributed by atoms with E-state index >= 15 is 0 Å². The molecule has 1 unspecified atom stereocenters. The number of hydrogen-bond acceptors (Lipinski definition) is 5. The lowest BCUT2D eigenvalue weighted by atomic mass is 9.82. The summed E-state index contributed by atoms with van der Waals surface area (Å²) in [7, 11) is 0. The second-order valence-electron chi connectivity index (χ2n) is 9.65. The topological polar surface area (TPSA) is 34.1 Å². The molecule has 1 aliphatic carbocycles. The molecule has 190 valence electrons. The summed E-state index contributed by atoms with van der Waals surface area (Å²) < 4.78 is 11.7. The number of rotatable bonds is 3. The Morgan fingerprint density at radius 2 is 1.61 bits per heavy atom. The summed E-state index contributed by atoms with van der Waals surface area (Å²) >= 11 is 14.1. The number of hydrogen-bond donors (Lipinski definition) is 0. The molecular weight excluding hydrogens is 535 g/mol. The van der Waals surface area contributed by atoms with E-state index in [1.54, 1.807) is 11.8 Å². The maximum Gasteiger partial charge on any atom is 0.174 e. The number of ether oxygens (including phenoxy) is 2. The molecule has 0 radical (unpaired) electrons. The molecule has 0 spiro atoms. The first-order chi connectivity index (χ1) is 18.6. The summed E-state index contributed by atoms with van der Waals surface area (Å²) in [6.07, 6.45) is 5.33. The molecule has 38 heavy (non-hydrogen) atoms. The van der Waals surface area contributed by atoms with Gasteiger partial charge in [-0.25, -0.2) is 4.99 Å². The molecule has 0 fully saturated rings. The number of amidine groups is 1. The minimum atomic E-state index is 0.0261. The van der Waals surface area contributed by atoms with Crippen molar-refractivity contribution < 1.29 is 9.47 Å². The van der Waals surface area contributed by atoms with Gasteiger partial charge in [-0.3, -0.25) is 0 Å². The highest BCUT2D eigenvalue weighted by molar-refractivity contribution is 8.16. The van der Waals surface area contributed by atoms with E-state index in [2.05, 4.69) is 52.8 Å². The van der Waals surface area contributed by atoms with E-state index in [9.17, 15) is 0 Å². The minimum absolute atomic E-state index is 0.0261. The quantitative estimate of drug-likeness (QED) is 0.321. The third-order valence-electron chi connectivity index (χ3n) is 7.27. The molecule has 0 saturated carbocycles. The van der Waals surface area contributed by atoms with Gasteiger partial charge in [0, 0.05) is 21.0 Å². The second kappa shape index (κ2) is 9.88. The Balaban J connectivity index is 1.34. The fourth-order valence-corrected chi connectivity index (χ4v) is 6.71. The Labute approximate surface area is 236 Å². The van der Waals surface area contributed by atoms with Crippen LogP contribution in [0.1, 0.15) is 42.0 Å². The van der Waals surface area contributed by atoms with E-state index < -0.39 is 0 Å². The molecule has 1 atom stereocenters. The highest BCUT2D eigenvalue weighted by Crippen LogP contribution is 2.51. The summed E-state index contributed by atoms with van der Waals surface area (Å²) in [5.74, 6) is 1.58. The van der Waals surface area contributed by atoms with Crippen LogP contribution in [0, 0.1) is 0 Å². The Morgan fingerprint density at radius 1 is 0.868 bits per heavy atom. The number of aliphatic imine (C=N–C) groups is 1. The van der Waals surface area contributed by atoms with Crippen LogP contribution in [0.5, 0.6) is 11.5 Å². The number of thioether (sulfide) groups is 1. The fourth-order valence-electron chi connectivity index (χ4n) is 5.53. The molecule has 7 heteroatoms. The monoisotopic (exact) mass is 558 g/mol. The number of fused-ring (bicyclic) bond motifs is 2. The molecular formula is C31H24Cl2N2O2S. The molecule has 3 aliphatic heterocycles. The summed E-state index contributed by atoms with van der Waals surface area (Å²) in [6.45, 7) is 1.14. The first kappa shape index (κ1) is 24.0. The molecule has 3 heterocycles. The van der Waals surface area contributed by atoms with Crippen molar-refractivity contribution in [3.05, 3.63) is 116 Å². The van der Waals surface area contributed by atoms with Gasteiger partial charge < -0.3 is 14.4 Å². The van der Waals surface area contributed by atoms with Crippen LogP contribution in [-0.4, -0.2) is 23.3 Å². The Morgan fingerprint density at radius 3 is 2.39 bits per heavy atom. The van der Waals surface area contributed by atoms with Crippen LogP contribution >= 0.6 is 35.0 Å². The fraction of sp³-hybridized carbons (Fsp3) is 0.194. The van der Waals surface area contributed by atoms with Crippen LogP contribution in [0.3, 0.4) is 0 Å². The maximum absolute atomic E-state index is 6.31. The van der Waals surface area contributed by atoms with E-state index in [0.717, 1.165) is 68.5 Å². The largest absolute Gasteiger partial charge is 0.486 e. The Kier molecular flexibility index (Phi) is 6.23. The predicted octanol–water partition coefficient (Wildman–Crippen LogP) is 8.74. The van der Waals surface area contributed by atoms with E-state index in [1.807, 2.05) is 30.3 Å². The van der Waals surface area contributed by atoms with Gasteiger partial charge in [0.25, 0.3) is 0 Å². The van der Waals surface area contributed by atoms with Gasteiger partial charge in [-0.05, 0) is 90.1 Å². The van der Waals surface area contributed by atoms with Crippen LogP contribution in [0.4, 0.5) is 0 Å². The lowest BCUT2D eigenvalue weighted by Gasteiger charge is -2.40. The number of halogens is 2. The zero-order valence-corrected chi connectivity index (χ0v) is 22.8. The minimum Gasteiger partial charge on any atom is -0.486 e. The van der Waals surface area contributed by atoms with Gasteiger partial charge in [-0.15, -0.1) is 0 Å². The molecule has 0 amide bonds. The van der Waals surface area contributed by atoms with Gasteiger partial charge in [0.2, 0.25) is 0 Å². The second-order valence-corrected chi connectivity index (χ2v) is 11.4. The van der Waals surface area contributed by atoms with E-state index in [1.165, 1.54) is 16.7 Å². The molecule has 0 saturated heterocycles. The standard InChI is InChI=1S/C31H24Cl2N2O2S/c32-23-9-4-19(5-10-23)16-22-2-1-3-25-29(22)34-31-35(30(25)20-6-11-24(33)12-7-20)26(18-38-31)21-8-13-27-28(17-21)37-15-14-36-27/h4-13,16-18,30H,1-3,14-15H2. The zero-order valence-electron chi connectivity index (χ0n) is 20.5. The molecule has 4 aliphatic rings. The average molecular weight is 560 g/mol. The van der Waals surface area contributed by atoms with Crippen LogP contribution in [0.2, 0.25) is 10.0 Å². The van der Waals surface area contributed by atoms with Crippen molar-refractivity contribution in [3.8, 4) is 11.5 Å². The van der Waals surface area contributed by atoms with E-state index in [-0.39, 0.29) is 6.04 Å². The van der Waals surface area contributed by atoms with Crippen LogP contribution in [0.25, 0.3) is 11.8 Å². The SMILES string of the molecule is Clc1ccc(C=C2CCCC3=C2N=C2SC=C(c4ccc5c(c4)OCCO5)N2C3c2ccc(Cl)cc2)cc1. The van der Waals surface area contributed by atoms with E-state index in [4.69, 9.17) is 37.7 Å². The molecule has 0 bridgehead atoms. The maximum atomic E-state index is 6.31. The van der Waals surface area contributed by atoms with Crippen molar-refractivity contribution in [1.82, 2.24) is 4.90 Å².